The average molecular weight is 232 g/mol. The molecular formula is C13H20N4. The summed E-state index contributed by atoms with van der Waals surface area (Å²) in [6, 6.07) is 2.77. The van der Waals surface area contributed by atoms with Gasteiger partial charge in [0.25, 0.3) is 0 Å². The van der Waals surface area contributed by atoms with Crippen LogP contribution in [0.15, 0.2) is 6.07 Å². The number of fused-ring (bicyclic) bond motifs is 1. The Morgan fingerprint density at radius 1 is 1.24 bits per heavy atom. The lowest BCUT2D eigenvalue weighted by molar-refractivity contribution is 0.373. The summed E-state index contributed by atoms with van der Waals surface area (Å²) in [7, 11) is 0. The third-order valence-electron chi connectivity index (χ3n) is 3.91. The van der Waals surface area contributed by atoms with E-state index < -0.39 is 0 Å². The maximum atomic E-state index is 4.57. The first kappa shape index (κ1) is 11.0. The van der Waals surface area contributed by atoms with E-state index in [2.05, 4.69) is 20.2 Å². The average Bonchev–Trinajstić information content (AvgIpc) is 2.74. The molecule has 2 unspecified atom stereocenters. The Balaban J connectivity index is 1.80. The van der Waals surface area contributed by atoms with Gasteiger partial charge < -0.3 is 10.2 Å². The minimum absolute atomic E-state index is 0.733. The van der Waals surface area contributed by atoms with Crippen molar-refractivity contribution in [1.82, 2.24) is 15.3 Å². The van der Waals surface area contributed by atoms with E-state index in [4.69, 9.17) is 0 Å². The van der Waals surface area contributed by atoms with Crippen LogP contribution in [-0.2, 0) is 0 Å². The van der Waals surface area contributed by atoms with Crippen molar-refractivity contribution in [2.24, 2.45) is 5.92 Å². The molecule has 0 aromatic carbocycles. The summed E-state index contributed by atoms with van der Waals surface area (Å²) < 4.78 is 0. The summed E-state index contributed by atoms with van der Waals surface area (Å²) in [4.78, 5) is 11.5. The van der Waals surface area contributed by atoms with E-state index in [1.807, 2.05) is 19.9 Å². The standard InChI is InChI=1S/C13H20N4/c1-9-7-10(2)16-13(15-9)17-6-4-12-11(8-17)3-5-14-12/h7,11-12,14H,3-6,8H2,1-2H3. The molecule has 0 amide bonds. The number of rotatable bonds is 1. The number of hydrogen-bond acceptors (Lipinski definition) is 4. The van der Waals surface area contributed by atoms with Crippen LogP contribution in [0.4, 0.5) is 5.95 Å². The molecule has 0 saturated carbocycles. The van der Waals surface area contributed by atoms with Gasteiger partial charge in [0.1, 0.15) is 0 Å². The molecule has 92 valence electrons. The van der Waals surface area contributed by atoms with E-state index in [9.17, 15) is 0 Å². The largest absolute Gasteiger partial charge is 0.340 e. The zero-order chi connectivity index (χ0) is 11.8. The van der Waals surface area contributed by atoms with Crippen LogP contribution < -0.4 is 10.2 Å². The molecule has 2 fully saturated rings. The Morgan fingerprint density at radius 2 is 2.00 bits per heavy atom. The number of piperidine rings is 1. The van der Waals surface area contributed by atoms with Crippen molar-refractivity contribution in [2.75, 3.05) is 24.5 Å². The number of aromatic nitrogens is 2. The third kappa shape index (κ3) is 2.14. The van der Waals surface area contributed by atoms with Crippen molar-refractivity contribution in [1.29, 1.82) is 0 Å². The fraction of sp³-hybridized carbons (Fsp3) is 0.692. The van der Waals surface area contributed by atoms with Crippen LogP contribution in [0.2, 0.25) is 0 Å². The van der Waals surface area contributed by atoms with Gasteiger partial charge in [0.2, 0.25) is 5.95 Å². The lowest BCUT2D eigenvalue weighted by Gasteiger charge is -2.35. The van der Waals surface area contributed by atoms with Gasteiger partial charge in [-0.25, -0.2) is 9.97 Å². The molecule has 4 nitrogen and oxygen atoms in total. The normalized spacial score (nSPS) is 28.2. The minimum atomic E-state index is 0.733. The van der Waals surface area contributed by atoms with Crippen molar-refractivity contribution >= 4 is 5.95 Å². The first-order valence-electron chi connectivity index (χ1n) is 6.53. The molecule has 1 N–H and O–H groups in total. The van der Waals surface area contributed by atoms with Gasteiger partial charge in [-0.15, -0.1) is 0 Å². The number of nitrogens with zero attached hydrogens (tertiary/aromatic N) is 3. The molecule has 2 aliphatic rings. The highest BCUT2D eigenvalue weighted by Crippen LogP contribution is 2.26. The number of hydrogen-bond donors (Lipinski definition) is 1. The molecule has 0 bridgehead atoms. The molecule has 2 saturated heterocycles. The second kappa shape index (κ2) is 4.26. The first-order chi connectivity index (χ1) is 8.22. The third-order valence-corrected chi connectivity index (χ3v) is 3.91. The van der Waals surface area contributed by atoms with E-state index >= 15 is 0 Å². The van der Waals surface area contributed by atoms with Crippen LogP contribution >= 0.6 is 0 Å². The molecule has 0 radical (unpaired) electrons. The molecule has 0 spiro atoms. The maximum Gasteiger partial charge on any atom is 0.225 e. The summed E-state index contributed by atoms with van der Waals surface area (Å²) in [6.45, 7) is 7.46. The van der Waals surface area contributed by atoms with Crippen molar-refractivity contribution in [3.8, 4) is 0 Å². The fourth-order valence-corrected chi connectivity index (χ4v) is 3.08. The summed E-state index contributed by atoms with van der Waals surface area (Å²) in [5.74, 6) is 1.71. The topological polar surface area (TPSA) is 41.1 Å². The maximum absolute atomic E-state index is 4.57. The zero-order valence-corrected chi connectivity index (χ0v) is 10.6. The summed E-state index contributed by atoms with van der Waals surface area (Å²) in [6.07, 6.45) is 2.52. The highest BCUT2D eigenvalue weighted by atomic mass is 15.3. The molecule has 2 atom stereocenters. The Labute approximate surface area is 102 Å². The van der Waals surface area contributed by atoms with Crippen molar-refractivity contribution in [3.63, 3.8) is 0 Å². The highest BCUT2D eigenvalue weighted by molar-refractivity contribution is 5.33. The molecular weight excluding hydrogens is 212 g/mol. The lowest BCUT2D eigenvalue weighted by Crippen LogP contribution is -2.45. The Morgan fingerprint density at radius 3 is 2.76 bits per heavy atom. The van der Waals surface area contributed by atoms with Crippen LogP contribution in [0.1, 0.15) is 24.2 Å². The molecule has 17 heavy (non-hydrogen) atoms. The van der Waals surface area contributed by atoms with Gasteiger partial charge in [-0.2, -0.15) is 0 Å². The second-order valence-electron chi connectivity index (χ2n) is 5.29. The van der Waals surface area contributed by atoms with Gasteiger partial charge in [0.05, 0.1) is 0 Å². The quantitative estimate of drug-likeness (QED) is 0.792. The van der Waals surface area contributed by atoms with Crippen LogP contribution in [0.5, 0.6) is 0 Å². The summed E-state index contributed by atoms with van der Waals surface area (Å²) in [5, 5.41) is 3.59. The number of anilines is 1. The van der Waals surface area contributed by atoms with Crippen LogP contribution in [0.3, 0.4) is 0 Å². The molecule has 3 heterocycles. The van der Waals surface area contributed by atoms with Crippen molar-refractivity contribution in [2.45, 2.75) is 32.7 Å². The number of aryl methyl sites for hydroxylation is 2. The monoisotopic (exact) mass is 232 g/mol. The summed E-state index contributed by atoms with van der Waals surface area (Å²) in [5.41, 5.74) is 2.14. The minimum Gasteiger partial charge on any atom is -0.340 e. The van der Waals surface area contributed by atoms with Gasteiger partial charge >= 0.3 is 0 Å². The highest BCUT2D eigenvalue weighted by Gasteiger charge is 2.33. The van der Waals surface area contributed by atoms with E-state index in [-0.39, 0.29) is 0 Å². The Kier molecular flexibility index (Phi) is 2.74. The zero-order valence-electron chi connectivity index (χ0n) is 10.6. The molecule has 4 heteroatoms. The number of nitrogens with one attached hydrogen (secondary N) is 1. The Bertz CT molecular complexity index is 398. The molecule has 3 rings (SSSR count). The molecule has 0 aliphatic carbocycles. The van der Waals surface area contributed by atoms with Crippen LogP contribution in [-0.4, -0.2) is 35.6 Å². The molecule has 1 aromatic rings. The molecule has 2 aliphatic heterocycles. The van der Waals surface area contributed by atoms with Crippen molar-refractivity contribution < 1.29 is 0 Å². The smallest absolute Gasteiger partial charge is 0.225 e. The van der Waals surface area contributed by atoms with Gasteiger partial charge in [0.15, 0.2) is 0 Å². The summed E-state index contributed by atoms with van der Waals surface area (Å²) >= 11 is 0. The Hall–Kier alpha value is -1.16. The predicted octanol–water partition coefficient (Wildman–Crippen LogP) is 1.28. The van der Waals surface area contributed by atoms with E-state index in [0.717, 1.165) is 42.4 Å². The predicted molar refractivity (Wildman–Crippen MR) is 68.2 cm³/mol. The van der Waals surface area contributed by atoms with Gasteiger partial charge in [-0.3, -0.25) is 0 Å². The van der Waals surface area contributed by atoms with Crippen LogP contribution in [0.25, 0.3) is 0 Å². The van der Waals surface area contributed by atoms with E-state index in [0.29, 0.717) is 0 Å². The van der Waals surface area contributed by atoms with Gasteiger partial charge in [-0.1, -0.05) is 0 Å². The van der Waals surface area contributed by atoms with E-state index in [1.54, 1.807) is 0 Å². The first-order valence-corrected chi connectivity index (χ1v) is 6.53. The second-order valence-corrected chi connectivity index (χ2v) is 5.29. The van der Waals surface area contributed by atoms with Gasteiger partial charge in [-0.05, 0) is 45.2 Å². The fourth-order valence-electron chi connectivity index (χ4n) is 3.08. The van der Waals surface area contributed by atoms with Crippen molar-refractivity contribution in [3.05, 3.63) is 17.5 Å². The van der Waals surface area contributed by atoms with Crippen LogP contribution in [0, 0.1) is 19.8 Å². The molecule has 1 aromatic heterocycles. The van der Waals surface area contributed by atoms with Gasteiger partial charge in [0, 0.05) is 30.5 Å². The van der Waals surface area contributed by atoms with E-state index in [1.165, 1.54) is 19.4 Å². The lowest BCUT2D eigenvalue weighted by atomic mass is 9.93. The SMILES string of the molecule is Cc1cc(C)nc(N2CCC3NCCC3C2)n1.